The molecule has 1 unspecified atom stereocenters. The number of rotatable bonds is 4. The molecular weight excluding hydrogens is 587 g/mol. The van der Waals surface area contributed by atoms with Gasteiger partial charge in [-0.2, -0.15) is 0 Å². The zero-order valence-corrected chi connectivity index (χ0v) is 26.1. The van der Waals surface area contributed by atoms with Crippen LogP contribution in [0.5, 0.6) is 0 Å². The second kappa shape index (κ2) is 10.0. The monoisotopic (exact) mass is 627 g/mol. The topological polar surface area (TPSA) is 17.9 Å². The van der Waals surface area contributed by atoms with E-state index in [9.17, 15) is 0 Å². The minimum atomic E-state index is -2.31. The Hall–Kier alpha value is -5.94. The molecule has 0 fully saturated rings. The predicted molar refractivity (Wildman–Crippen MR) is 199 cm³/mol. The normalized spacial score (nSPS) is 20.2. The highest BCUT2D eigenvalue weighted by atomic mass is 15.4. The first-order valence-electron chi connectivity index (χ1n) is 19.2. The van der Waals surface area contributed by atoms with E-state index in [1.165, 1.54) is 9.80 Å². The first-order chi connectivity index (χ1) is 26.0. The maximum Gasteiger partial charge on any atom is 0.0950 e. The molecule has 6 aromatic carbocycles. The van der Waals surface area contributed by atoms with Gasteiger partial charge in [-0.25, -0.2) is 0 Å². The molecule has 0 saturated carbocycles. The molecule has 1 atom stereocenters. The number of hydrogen-bond acceptors (Lipinski definition) is 4. The van der Waals surface area contributed by atoms with Crippen molar-refractivity contribution < 1.29 is 8.22 Å². The van der Waals surface area contributed by atoms with Gasteiger partial charge in [-0.1, -0.05) is 91.0 Å². The molecule has 5 nitrogen and oxygen atoms in total. The number of aromatic nitrogens is 1. The van der Waals surface area contributed by atoms with Gasteiger partial charge in [0.1, 0.15) is 0 Å². The van der Waals surface area contributed by atoms with Gasteiger partial charge in [0.25, 0.3) is 0 Å². The lowest BCUT2D eigenvalue weighted by Gasteiger charge is -2.42. The van der Waals surface area contributed by atoms with Crippen LogP contribution in [0.1, 0.15) is 30.5 Å². The molecular formula is C43H35N5. The fourth-order valence-corrected chi connectivity index (χ4v) is 8.32. The van der Waals surface area contributed by atoms with Crippen molar-refractivity contribution in [3.8, 4) is 5.69 Å². The summed E-state index contributed by atoms with van der Waals surface area (Å²) in [5, 5.41) is 2.32. The van der Waals surface area contributed by atoms with Crippen molar-refractivity contribution in [1.82, 2.24) is 9.47 Å². The highest BCUT2D eigenvalue weighted by Crippen LogP contribution is 2.55. The quantitative estimate of drug-likeness (QED) is 0.194. The third-order valence-electron chi connectivity index (χ3n) is 10.3. The van der Waals surface area contributed by atoms with Crippen molar-refractivity contribution in [2.45, 2.75) is 5.41 Å². The Morgan fingerprint density at radius 1 is 0.562 bits per heavy atom. The van der Waals surface area contributed by atoms with Crippen LogP contribution in [-0.4, -0.2) is 36.8 Å². The first kappa shape index (κ1) is 21.8. The van der Waals surface area contributed by atoms with Crippen LogP contribution in [0.15, 0.2) is 152 Å². The lowest BCUT2D eigenvalue weighted by Crippen LogP contribution is -2.36. The number of benzene rings is 6. The molecule has 0 amide bonds. The van der Waals surface area contributed by atoms with Crippen LogP contribution in [0.2, 0.25) is 0 Å². The van der Waals surface area contributed by atoms with Crippen molar-refractivity contribution in [2.75, 3.05) is 42.0 Å². The fraction of sp³-hybridized carbons (Fsp3) is 0.116. The molecule has 4 heterocycles. The summed E-state index contributed by atoms with van der Waals surface area (Å²) in [6, 6.07) is 48.3. The maximum atomic E-state index is 8.34. The fourth-order valence-electron chi connectivity index (χ4n) is 8.32. The second-order valence-electron chi connectivity index (χ2n) is 12.8. The van der Waals surface area contributed by atoms with Crippen LogP contribution in [0.25, 0.3) is 27.5 Å². The van der Waals surface area contributed by atoms with E-state index in [-0.39, 0.29) is 13.3 Å². The smallest absolute Gasteiger partial charge is 0.0950 e. The van der Waals surface area contributed by atoms with Gasteiger partial charge >= 0.3 is 0 Å². The number of nitrogens with zero attached hydrogens (tertiary/aromatic N) is 5. The number of anilines is 4. The van der Waals surface area contributed by atoms with Crippen molar-refractivity contribution in [1.29, 1.82) is 0 Å². The second-order valence-corrected chi connectivity index (χ2v) is 12.8. The summed E-state index contributed by atoms with van der Waals surface area (Å²) < 4.78 is 51.6. The van der Waals surface area contributed by atoms with Gasteiger partial charge in [-0.3, -0.25) is 0 Å². The van der Waals surface area contributed by atoms with E-state index in [1.54, 1.807) is 6.20 Å². The minimum absolute atomic E-state index is 0.184. The van der Waals surface area contributed by atoms with E-state index in [2.05, 4.69) is 119 Å². The Labute approximate surface area is 289 Å². The molecule has 3 aliphatic heterocycles. The van der Waals surface area contributed by atoms with Gasteiger partial charge in [-0.05, 0) is 70.8 Å². The Kier molecular flexibility index (Phi) is 4.55. The maximum absolute atomic E-state index is 8.34. The molecule has 48 heavy (non-hydrogen) atoms. The molecule has 0 N–H and O–H groups in total. The van der Waals surface area contributed by atoms with Gasteiger partial charge < -0.3 is 24.2 Å². The Bertz CT molecular complexity index is 2650. The highest BCUT2D eigenvalue weighted by molar-refractivity contribution is 6.12. The molecule has 0 aliphatic carbocycles. The largest absolute Gasteiger partial charge is 0.361 e. The van der Waals surface area contributed by atoms with E-state index < -0.39 is 19.4 Å². The Morgan fingerprint density at radius 2 is 1.35 bits per heavy atom. The lowest BCUT2D eigenvalue weighted by molar-refractivity contribution is 0.495. The molecule has 1 aromatic heterocycles. The Balaban J connectivity index is 1.27. The van der Waals surface area contributed by atoms with E-state index in [0.29, 0.717) is 5.69 Å². The predicted octanol–water partition coefficient (Wildman–Crippen LogP) is 9.21. The number of fused-ring (bicyclic) bond motifs is 6. The SMILES string of the molecule is [2H]C([2H])([2H])N1C=CN(c2ccc3c(c2)C(c2ccccc2)(c2cccc(N4CN(C([2H])([2H])[2H])c5ccccc54)c2)c2cccc4c5ccccc5n-3c24)C1. The summed E-state index contributed by atoms with van der Waals surface area (Å²) in [7, 11) is 0. The van der Waals surface area contributed by atoms with Gasteiger partial charge in [0.15, 0.2) is 0 Å². The number of para-hydroxylation sites is 4. The van der Waals surface area contributed by atoms with Crippen LogP contribution in [0.3, 0.4) is 0 Å². The molecule has 232 valence electrons. The summed E-state index contributed by atoms with van der Waals surface area (Å²) in [5.41, 5.74) is 10.00. The lowest BCUT2D eigenvalue weighted by atomic mass is 9.63. The van der Waals surface area contributed by atoms with Crippen molar-refractivity contribution in [3.05, 3.63) is 174 Å². The summed E-state index contributed by atoms with van der Waals surface area (Å²) in [6.07, 6.45) is 3.47. The molecule has 0 saturated heterocycles. The zero-order chi connectivity index (χ0) is 37.0. The van der Waals surface area contributed by atoms with Crippen LogP contribution in [-0.2, 0) is 5.41 Å². The van der Waals surface area contributed by atoms with Gasteiger partial charge in [0.05, 0.1) is 46.8 Å². The van der Waals surface area contributed by atoms with Gasteiger partial charge in [0, 0.05) is 56.7 Å². The standard InChI is InChI=1S/C43H35N5/c1-44-24-25-46(28-44)32-22-23-39-37(27-32)43(30-12-4-3-5-13-30,36-18-11-17-35-34-16-6-7-19-38(34)48(39)42(35)36)31-14-10-15-33(26-31)47-29-45(2)40-20-8-9-21-41(40)47/h3-27H,28-29H2,1-2H3/i1D3,2D3. The molecule has 10 rings (SSSR count). The molecule has 0 radical (unpaired) electrons. The molecule has 5 heteroatoms. The van der Waals surface area contributed by atoms with Crippen LogP contribution in [0.4, 0.5) is 22.7 Å². The van der Waals surface area contributed by atoms with E-state index in [0.717, 1.165) is 66.8 Å². The summed E-state index contributed by atoms with van der Waals surface area (Å²) >= 11 is 0. The average Bonchev–Trinajstić information content (AvgIpc) is 3.92. The van der Waals surface area contributed by atoms with E-state index >= 15 is 0 Å². The van der Waals surface area contributed by atoms with E-state index in [4.69, 9.17) is 8.22 Å². The van der Waals surface area contributed by atoms with Gasteiger partial charge in [0.2, 0.25) is 0 Å². The van der Waals surface area contributed by atoms with Gasteiger partial charge in [-0.15, -0.1) is 0 Å². The third kappa shape index (κ3) is 3.61. The third-order valence-corrected chi connectivity index (χ3v) is 10.3. The highest BCUT2D eigenvalue weighted by Gasteiger charge is 2.46. The molecule has 3 aliphatic rings. The zero-order valence-electron chi connectivity index (χ0n) is 32.1. The van der Waals surface area contributed by atoms with Crippen molar-refractivity contribution in [2.24, 2.45) is 0 Å². The summed E-state index contributed by atoms with van der Waals surface area (Å²) in [4.78, 5) is 6.91. The molecule has 7 aromatic rings. The summed E-state index contributed by atoms with van der Waals surface area (Å²) in [5.74, 6) is 0. The number of hydrogen-bond donors (Lipinski definition) is 0. The van der Waals surface area contributed by atoms with E-state index in [1.807, 2.05) is 41.4 Å². The molecule has 0 bridgehead atoms. The summed E-state index contributed by atoms with van der Waals surface area (Å²) in [6.45, 7) is -4.19. The van der Waals surface area contributed by atoms with Crippen molar-refractivity contribution in [3.63, 3.8) is 0 Å². The minimum Gasteiger partial charge on any atom is -0.361 e. The van der Waals surface area contributed by atoms with Crippen LogP contribution in [0, 0.1) is 0 Å². The van der Waals surface area contributed by atoms with Crippen LogP contribution >= 0.6 is 0 Å². The van der Waals surface area contributed by atoms with Crippen LogP contribution < -0.4 is 14.7 Å². The Morgan fingerprint density at radius 3 is 2.23 bits per heavy atom. The van der Waals surface area contributed by atoms with Crippen molar-refractivity contribution >= 4 is 44.6 Å². The first-order valence-corrected chi connectivity index (χ1v) is 16.2. The average molecular weight is 628 g/mol. The molecule has 0 spiro atoms.